The van der Waals surface area contributed by atoms with E-state index in [-0.39, 0.29) is 23.7 Å². The number of carboxylic acids is 1. The van der Waals surface area contributed by atoms with E-state index in [1.807, 2.05) is 5.32 Å². The highest BCUT2D eigenvalue weighted by Crippen LogP contribution is 2.52. The fourth-order valence-electron chi connectivity index (χ4n) is 4.29. The number of hydrogen-bond donors (Lipinski definition) is 11. The normalized spacial score (nSPS) is 28.1. The molecule has 2 aliphatic rings. The van der Waals surface area contributed by atoms with Gasteiger partial charge in [-0.1, -0.05) is 0 Å². The zero-order valence-corrected chi connectivity index (χ0v) is 23.5. The Hall–Kier alpha value is -3.41. The average molecular weight is 654 g/mol. The van der Waals surface area contributed by atoms with E-state index in [0.29, 0.717) is 0 Å². The number of aliphatic hydroxyl groups is 6. The molecule has 4 rings (SSSR count). The van der Waals surface area contributed by atoms with Crippen molar-refractivity contribution in [1.82, 2.24) is 24.8 Å². The minimum absolute atomic E-state index is 0.0230. The fraction of sp³-hybridized carbons (Fsp3) is 0.619. The zero-order chi connectivity index (χ0) is 33.1. The summed E-state index contributed by atoms with van der Waals surface area (Å²) in [5, 5.41) is 67.8. The quantitative estimate of drug-likeness (QED) is 0.0840. The van der Waals surface area contributed by atoms with E-state index in [0.717, 1.165) is 6.92 Å². The molecule has 0 aromatic carbocycles. The van der Waals surface area contributed by atoms with Crippen LogP contribution in [-0.4, -0.2) is 140 Å². The first-order chi connectivity index (χ1) is 20.5. The van der Waals surface area contributed by atoms with E-state index in [1.165, 1.54) is 10.9 Å². The van der Waals surface area contributed by atoms with Gasteiger partial charge >= 0.3 is 13.8 Å². The number of nitrogens with zero attached hydrogens (tertiary/aromatic N) is 3. The van der Waals surface area contributed by atoms with Crippen LogP contribution in [0.25, 0.3) is 11.2 Å². The standard InChI is InChI=1S/C11H19NO9.C10H12N5O7P/c1-4(14)12-8(5(15)2-6(16)11(20)21)10(19)9(18)7(17)3-13;11-10-13-7-4(8(17)14-10)12-2-15(7)9-5(16)6-3(21-9)1-20-23(18,19)22-6/h5,7-10,13,15,17-19H,2-3H2,1H3,(H,12,14)(H,20,21);2-3,5-6,9,16H,1H2,(H,18,19)(H3,11,13,14,17)/t5-,7+,8+,9+,10+;3-,5-,6-,9-/m01/s1. The number of amides is 1. The smallest absolute Gasteiger partial charge is 0.472 e. The van der Waals surface area contributed by atoms with E-state index < -0.39 is 99.1 Å². The maximum atomic E-state index is 11.8. The number of phosphoric ester groups is 1. The molecule has 44 heavy (non-hydrogen) atoms. The maximum Gasteiger partial charge on any atom is 0.472 e. The van der Waals surface area contributed by atoms with Crippen LogP contribution in [0.4, 0.5) is 5.95 Å². The number of phosphoric acid groups is 1. The van der Waals surface area contributed by atoms with Crippen LogP contribution < -0.4 is 16.6 Å². The van der Waals surface area contributed by atoms with Crippen molar-refractivity contribution < 1.29 is 73.4 Å². The lowest BCUT2D eigenvalue weighted by Gasteiger charge is -2.32. The largest absolute Gasteiger partial charge is 0.475 e. The van der Waals surface area contributed by atoms with Crippen molar-refractivity contribution in [2.45, 2.75) is 68.3 Å². The molecule has 23 heteroatoms. The molecule has 0 saturated carbocycles. The van der Waals surface area contributed by atoms with Crippen LogP contribution in [0.1, 0.15) is 19.6 Å². The number of carbonyl (C=O) groups excluding carboxylic acids is 2. The van der Waals surface area contributed by atoms with Crippen molar-refractivity contribution in [3.05, 3.63) is 16.7 Å². The number of ether oxygens (including phenoxy) is 1. The van der Waals surface area contributed by atoms with Gasteiger partial charge in [0, 0.05) is 13.3 Å². The molecule has 2 aromatic heterocycles. The third-order valence-corrected chi connectivity index (χ3v) is 7.39. The summed E-state index contributed by atoms with van der Waals surface area (Å²) in [6, 6.07) is -1.61. The molecule has 4 heterocycles. The first kappa shape index (κ1) is 35.1. The number of aromatic amines is 1. The van der Waals surface area contributed by atoms with Gasteiger partial charge < -0.3 is 56.4 Å². The van der Waals surface area contributed by atoms with E-state index in [9.17, 15) is 54.2 Å². The third-order valence-electron chi connectivity index (χ3n) is 6.41. The fourth-order valence-corrected chi connectivity index (χ4v) is 5.26. The first-order valence-corrected chi connectivity index (χ1v) is 14.0. The van der Waals surface area contributed by atoms with Crippen molar-refractivity contribution in [2.75, 3.05) is 18.9 Å². The van der Waals surface area contributed by atoms with Crippen LogP contribution in [-0.2, 0) is 32.7 Å². The highest BCUT2D eigenvalue weighted by atomic mass is 31.2. The second-order valence-corrected chi connectivity index (χ2v) is 11.0. The zero-order valence-electron chi connectivity index (χ0n) is 22.6. The number of nitrogens with two attached hydrogens (primary N) is 1. The first-order valence-electron chi connectivity index (χ1n) is 12.5. The number of imidazole rings is 1. The second-order valence-electron chi connectivity index (χ2n) is 9.62. The van der Waals surface area contributed by atoms with Crippen molar-refractivity contribution in [2.24, 2.45) is 0 Å². The molecule has 2 aliphatic heterocycles. The topological polar surface area (TPSA) is 359 Å². The number of aliphatic carboxylic acids is 1. The number of H-pyrrole nitrogens is 1. The summed E-state index contributed by atoms with van der Waals surface area (Å²) in [5.41, 5.74) is 5.12. The minimum atomic E-state index is -4.22. The van der Waals surface area contributed by atoms with Crippen LogP contribution in [0.3, 0.4) is 0 Å². The predicted molar refractivity (Wildman–Crippen MR) is 139 cm³/mol. The van der Waals surface area contributed by atoms with E-state index in [2.05, 4.69) is 19.5 Å². The highest BCUT2D eigenvalue weighted by molar-refractivity contribution is 7.47. The summed E-state index contributed by atoms with van der Waals surface area (Å²) in [7, 11) is -4.22. The molecular formula is C21H31N6O16P. The van der Waals surface area contributed by atoms with Gasteiger partial charge in [-0.2, -0.15) is 4.98 Å². The van der Waals surface area contributed by atoms with Gasteiger partial charge in [-0.3, -0.25) is 33.0 Å². The van der Waals surface area contributed by atoms with Crippen LogP contribution in [0, 0.1) is 0 Å². The van der Waals surface area contributed by atoms with Crippen molar-refractivity contribution in [1.29, 1.82) is 0 Å². The summed E-state index contributed by atoms with van der Waals surface area (Å²) < 4.78 is 27.9. The summed E-state index contributed by atoms with van der Waals surface area (Å²) in [5.74, 6) is -4.01. The number of aliphatic hydroxyl groups excluding tert-OH is 6. The Balaban J connectivity index is 0.000000242. The highest BCUT2D eigenvalue weighted by Gasteiger charge is 2.52. The lowest BCUT2D eigenvalue weighted by Crippen LogP contribution is -2.57. The van der Waals surface area contributed by atoms with Crippen LogP contribution >= 0.6 is 7.82 Å². The van der Waals surface area contributed by atoms with Crippen molar-refractivity contribution in [3.8, 4) is 0 Å². The molecular weight excluding hydrogens is 623 g/mol. The van der Waals surface area contributed by atoms with Gasteiger partial charge in [-0.05, 0) is 0 Å². The number of ketones is 1. The molecule has 2 fully saturated rings. The molecule has 2 aromatic rings. The molecule has 12 N–H and O–H groups in total. The number of rotatable bonds is 10. The van der Waals surface area contributed by atoms with Gasteiger partial charge in [0.05, 0.1) is 31.7 Å². The summed E-state index contributed by atoms with van der Waals surface area (Å²) in [6.07, 6.45) is -11.2. The summed E-state index contributed by atoms with van der Waals surface area (Å²) in [6.45, 7) is -0.0791. The minimum Gasteiger partial charge on any atom is -0.475 e. The van der Waals surface area contributed by atoms with E-state index in [1.54, 1.807) is 0 Å². The summed E-state index contributed by atoms with van der Waals surface area (Å²) in [4.78, 5) is 63.8. The lowest BCUT2D eigenvalue weighted by molar-refractivity contribution is -0.151. The molecule has 246 valence electrons. The molecule has 22 nitrogen and oxygen atoms in total. The van der Waals surface area contributed by atoms with Crippen LogP contribution in [0.2, 0.25) is 0 Å². The molecule has 0 radical (unpaired) electrons. The Bertz CT molecular complexity index is 1470. The summed E-state index contributed by atoms with van der Waals surface area (Å²) >= 11 is 0. The Morgan fingerprint density at radius 1 is 1.23 bits per heavy atom. The number of nitrogens with one attached hydrogen (secondary N) is 2. The van der Waals surface area contributed by atoms with Gasteiger partial charge in [-0.25, -0.2) is 14.3 Å². The number of aromatic nitrogens is 4. The maximum absolute atomic E-state index is 11.8. The number of carbonyl (C=O) groups is 3. The van der Waals surface area contributed by atoms with E-state index in [4.69, 9.17) is 25.2 Å². The molecule has 1 unspecified atom stereocenters. The Kier molecular flexibility index (Phi) is 11.3. The molecule has 0 aliphatic carbocycles. The second kappa shape index (κ2) is 14.1. The van der Waals surface area contributed by atoms with Crippen molar-refractivity contribution in [3.63, 3.8) is 0 Å². The van der Waals surface area contributed by atoms with Crippen molar-refractivity contribution >= 4 is 42.6 Å². The Labute approximate surface area is 245 Å². The predicted octanol–water partition coefficient (Wildman–Crippen LogP) is -5.55. The van der Waals surface area contributed by atoms with Gasteiger partial charge in [0.25, 0.3) is 5.56 Å². The molecule has 10 atom stereocenters. The van der Waals surface area contributed by atoms with E-state index >= 15 is 0 Å². The van der Waals surface area contributed by atoms with Gasteiger partial charge in [-0.15, -0.1) is 0 Å². The average Bonchev–Trinajstić information content (AvgIpc) is 3.50. The Morgan fingerprint density at radius 2 is 1.89 bits per heavy atom. The Morgan fingerprint density at radius 3 is 2.48 bits per heavy atom. The number of fused-ring (bicyclic) bond motifs is 2. The van der Waals surface area contributed by atoms with Crippen LogP contribution in [0.15, 0.2) is 11.1 Å². The SMILES string of the molecule is CC(=O)N[C@@H]([C@@H](O)[C@H](O)[C@H](O)CO)[C@@H](O)CC(=O)C(=O)O.Nc1nc2c(ncn2[C@@H]2O[C@@H]3COP(=O)(O)O[C@H]3[C@H]2O)c(=O)[nH]1. The number of nitrogen functional groups attached to an aromatic ring is 1. The number of hydrogen-bond acceptors (Lipinski definition) is 17. The molecule has 2 saturated heterocycles. The third kappa shape index (κ3) is 7.99. The number of Topliss-reactive ketones (excluding diaryl/α,β-unsaturated/α-hetero) is 1. The lowest BCUT2D eigenvalue weighted by atomic mass is 9.94. The monoisotopic (exact) mass is 654 g/mol. The van der Waals surface area contributed by atoms with Gasteiger partial charge in [0.15, 0.2) is 17.4 Å². The molecule has 0 bridgehead atoms. The van der Waals surface area contributed by atoms with Gasteiger partial charge in [0.2, 0.25) is 17.6 Å². The molecule has 0 spiro atoms. The van der Waals surface area contributed by atoms with Gasteiger partial charge in [0.1, 0.15) is 36.6 Å². The molecule has 1 amide bonds. The number of anilines is 1. The number of carboxylic acid groups (broad SMARTS) is 1. The van der Waals surface area contributed by atoms with Crippen LogP contribution in [0.5, 0.6) is 0 Å².